The molecule has 1 atom stereocenters. The van der Waals surface area contributed by atoms with Gasteiger partial charge in [0.25, 0.3) is 0 Å². The third kappa shape index (κ3) is 3.58. The monoisotopic (exact) mass is 307 g/mol. The van der Waals surface area contributed by atoms with Crippen LogP contribution in [0, 0.1) is 0 Å². The van der Waals surface area contributed by atoms with Crippen LogP contribution in [-0.2, 0) is 4.74 Å². The van der Waals surface area contributed by atoms with Crippen LogP contribution in [0.4, 0.5) is 4.79 Å². The van der Waals surface area contributed by atoms with Gasteiger partial charge in [0.1, 0.15) is 18.8 Å². The first-order valence-corrected chi connectivity index (χ1v) is 8.11. The molecule has 0 bridgehead atoms. The highest BCUT2D eigenvalue weighted by molar-refractivity contribution is 5.66. The minimum absolute atomic E-state index is 0.276. The fourth-order valence-electron chi connectivity index (χ4n) is 3.04. The van der Waals surface area contributed by atoms with Gasteiger partial charge in [-0.15, -0.1) is 10.2 Å². The van der Waals surface area contributed by atoms with Crippen LogP contribution < -0.4 is 0 Å². The average molecular weight is 307 g/mol. The van der Waals surface area contributed by atoms with Crippen molar-refractivity contribution in [2.75, 3.05) is 40.3 Å². The first-order valence-electron chi connectivity index (χ1n) is 8.11. The summed E-state index contributed by atoms with van der Waals surface area (Å²) in [4.78, 5) is 15.2. The maximum atomic E-state index is 11.4. The molecule has 0 N–H and O–H groups in total. The van der Waals surface area contributed by atoms with E-state index in [9.17, 15) is 4.79 Å². The summed E-state index contributed by atoms with van der Waals surface area (Å²) >= 11 is 0. The van der Waals surface area contributed by atoms with Crippen molar-refractivity contribution in [2.24, 2.45) is 0 Å². The topological polar surface area (TPSA) is 63.5 Å². The molecule has 7 heteroatoms. The van der Waals surface area contributed by atoms with Crippen molar-refractivity contribution in [1.29, 1.82) is 0 Å². The number of aromatic nitrogens is 3. The van der Waals surface area contributed by atoms with Gasteiger partial charge in [-0.1, -0.05) is 0 Å². The summed E-state index contributed by atoms with van der Waals surface area (Å²) in [5.41, 5.74) is 0. The summed E-state index contributed by atoms with van der Waals surface area (Å²) in [5.74, 6) is 1.58. The minimum Gasteiger partial charge on any atom is -0.448 e. The molecule has 1 aliphatic heterocycles. The largest absolute Gasteiger partial charge is 0.448 e. The smallest absolute Gasteiger partial charge is 0.409 e. The number of likely N-dealkylation sites (tertiary alicyclic amines) is 1. The van der Waals surface area contributed by atoms with Gasteiger partial charge >= 0.3 is 6.09 Å². The van der Waals surface area contributed by atoms with Crippen molar-refractivity contribution >= 4 is 6.09 Å². The van der Waals surface area contributed by atoms with Gasteiger partial charge in [-0.3, -0.25) is 4.90 Å². The van der Waals surface area contributed by atoms with E-state index in [-0.39, 0.29) is 6.09 Å². The SMILES string of the molecule is CN(C)C(=O)OCCN1CCC[C@@H](c2nncn2C2CC2)C1. The molecule has 0 aromatic carbocycles. The molecule has 2 heterocycles. The molecule has 0 spiro atoms. The molecule has 1 saturated heterocycles. The second-order valence-electron chi connectivity index (χ2n) is 6.48. The number of hydrogen-bond acceptors (Lipinski definition) is 5. The van der Waals surface area contributed by atoms with E-state index in [2.05, 4.69) is 19.7 Å². The Kier molecular flexibility index (Phi) is 4.61. The number of nitrogens with zero attached hydrogens (tertiary/aromatic N) is 5. The summed E-state index contributed by atoms with van der Waals surface area (Å²) in [6, 6.07) is 0.626. The maximum Gasteiger partial charge on any atom is 0.409 e. The zero-order chi connectivity index (χ0) is 15.5. The lowest BCUT2D eigenvalue weighted by molar-refractivity contribution is 0.0962. The first kappa shape index (κ1) is 15.3. The van der Waals surface area contributed by atoms with E-state index in [0.29, 0.717) is 18.6 Å². The number of hydrogen-bond donors (Lipinski definition) is 0. The molecular formula is C15H25N5O2. The Morgan fingerprint density at radius 1 is 1.41 bits per heavy atom. The molecular weight excluding hydrogens is 282 g/mol. The van der Waals surface area contributed by atoms with Crippen molar-refractivity contribution in [1.82, 2.24) is 24.6 Å². The third-order valence-corrected chi connectivity index (χ3v) is 4.41. The summed E-state index contributed by atoms with van der Waals surface area (Å²) in [7, 11) is 3.40. The van der Waals surface area contributed by atoms with E-state index in [1.165, 1.54) is 24.2 Å². The average Bonchev–Trinajstić information content (AvgIpc) is 3.24. The number of rotatable bonds is 5. The fraction of sp³-hybridized carbons (Fsp3) is 0.800. The van der Waals surface area contributed by atoms with Gasteiger partial charge in [-0.2, -0.15) is 0 Å². The Balaban J connectivity index is 1.51. The standard InChI is InChI=1S/C15H25N5O2/c1-18(2)15(21)22-9-8-19-7-3-4-12(10-19)14-17-16-11-20(14)13-5-6-13/h11-13H,3-10H2,1-2H3/t12-/m1/s1. The summed E-state index contributed by atoms with van der Waals surface area (Å²) < 4.78 is 7.48. The summed E-state index contributed by atoms with van der Waals surface area (Å²) in [6.07, 6.45) is 6.43. The Morgan fingerprint density at radius 3 is 2.95 bits per heavy atom. The molecule has 7 nitrogen and oxygen atoms in total. The summed E-state index contributed by atoms with van der Waals surface area (Å²) in [5, 5.41) is 8.47. The lowest BCUT2D eigenvalue weighted by Gasteiger charge is -2.32. The number of amides is 1. The molecule has 1 aromatic rings. The second kappa shape index (κ2) is 6.64. The Labute approximate surface area is 131 Å². The van der Waals surface area contributed by atoms with E-state index in [1.54, 1.807) is 14.1 Å². The van der Waals surface area contributed by atoms with Crippen LogP contribution in [0.1, 0.15) is 43.5 Å². The molecule has 2 aliphatic rings. The molecule has 1 amide bonds. The van der Waals surface area contributed by atoms with Crippen molar-refractivity contribution < 1.29 is 9.53 Å². The molecule has 3 rings (SSSR count). The lowest BCUT2D eigenvalue weighted by Crippen LogP contribution is -2.38. The van der Waals surface area contributed by atoms with Crippen LogP contribution in [-0.4, -0.2) is 71.0 Å². The Hall–Kier alpha value is -1.63. The van der Waals surface area contributed by atoms with Gasteiger partial charge < -0.3 is 14.2 Å². The number of carbonyl (C=O) groups is 1. The van der Waals surface area contributed by atoms with E-state index in [0.717, 1.165) is 31.9 Å². The molecule has 122 valence electrons. The number of piperidine rings is 1. The quantitative estimate of drug-likeness (QED) is 0.824. The zero-order valence-corrected chi connectivity index (χ0v) is 13.4. The molecule has 0 radical (unpaired) electrons. The number of carbonyl (C=O) groups excluding carboxylic acids is 1. The first-order chi connectivity index (χ1) is 10.6. The van der Waals surface area contributed by atoms with Gasteiger partial charge in [0.15, 0.2) is 0 Å². The molecule has 2 fully saturated rings. The van der Waals surface area contributed by atoms with Gasteiger partial charge in [-0.25, -0.2) is 4.79 Å². The minimum atomic E-state index is -0.276. The van der Waals surface area contributed by atoms with Crippen LogP contribution in [0.5, 0.6) is 0 Å². The highest BCUT2D eigenvalue weighted by Gasteiger charge is 2.31. The summed E-state index contributed by atoms with van der Waals surface area (Å²) in [6.45, 7) is 3.27. The van der Waals surface area contributed by atoms with E-state index in [4.69, 9.17) is 4.74 Å². The highest BCUT2D eigenvalue weighted by Crippen LogP contribution is 2.37. The van der Waals surface area contributed by atoms with Gasteiger partial charge in [0, 0.05) is 39.1 Å². The van der Waals surface area contributed by atoms with Gasteiger partial charge in [0.05, 0.1) is 0 Å². The van der Waals surface area contributed by atoms with Crippen LogP contribution in [0.3, 0.4) is 0 Å². The van der Waals surface area contributed by atoms with Gasteiger partial charge in [-0.05, 0) is 32.2 Å². The van der Waals surface area contributed by atoms with Crippen molar-refractivity contribution in [3.05, 3.63) is 12.2 Å². The van der Waals surface area contributed by atoms with E-state index < -0.39 is 0 Å². The maximum absolute atomic E-state index is 11.4. The molecule has 0 unspecified atom stereocenters. The predicted molar refractivity (Wildman–Crippen MR) is 81.7 cm³/mol. The molecule has 1 saturated carbocycles. The van der Waals surface area contributed by atoms with Crippen LogP contribution in [0.15, 0.2) is 6.33 Å². The van der Waals surface area contributed by atoms with Crippen molar-refractivity contribution in [3.8, 4) is 0 Å². The lowest BCUT2D eigenvalue weighted by atomic mass is 9.97. The van der Waals surface area contributed by atoms with Crippen LogP contribution >= 0.6 is 0 Å². The fourth-order valence-corrected chi connectivity index (χ4v) is 3.04. The van der Waals surface area contributed by atoms with E-state index in [1.807, 2.05) is 6.33 Å². The van der Waals surface area contributed by atoms with Crippen LogP contribution in [0.25, 0.3) is 0 Å². The van der Waals surface area contributed by atoms with E-state index >= 15 is 0 Å². The predicted octanol–water partition coefficient (Wildman–Crippen LogP) is 1.49. The number of ether oxygens (including phenoxy) is 1. The highest BCUT2D eigenvalue weighted by atomic mass is 16.6. The molecule has 22 heavy (non-hydrogen) atoms. The van der Waals surface area contributed by atoms with Crippen LogP contribution in [0.2, 0.25) is 0 Å². The van der Waals surface area contributed by atoms with Gasteiger partial charge in [0.2, 0.25) is 0 Å². The zero-order valence-electron chi connectivity index (χ0n) is 13.4. The third-order valence-electron chi connectivity index (χ3n) is 4.41. The van der Waals surface area contributed by atoms with Crippen molar-refractivity contribution in [2.45, 2.75) is 37.6 Å². The normalized spacial score (nSPS) is 22.5. The second-order valence-corrected chi connectivity index (χ2v) is 6.48. The molecule has 1 aromatic heterocycles. The Bertz CT molecular complexity index is 512. The van der Waals surface area contributed by atoms with Crippen molar-refractivity contribution in [3.63, 3.8) is 0 Å². The Morgan fingerprint density at radius 2 is 2.23 bits per heavy atom. The molecule has 1 aliphatic carbocycles.